The van der Waals surface area contributed by atoms with Crippen LogP contribution in [0.5, 0.6) is 0 Å². The standard InChI is InChI=1S/C12H16N2O2/c15-9-10-6-7-14(8-10)12(16)13-11-4-2-1-3-5-11/h1-5,10,15H,6-9H2,(H,13,16). The van der Waals surface area contributed by atoms with E-state index in [4.69, 9.17) is 5.11 Å². The zero-order valence-corrected chi connectivity index (χ0v) is 9.10. The highest BCUT2D eigenvalue weighted by atomic mass is 16.3. The molecule has 1 heterocycles. The second-order valence-corrected chi connectivity index (χ2v) is 4.08. The summed E-state index contributed by atoms with van der Waals surface area (Å²) in [6.07, 6.45) is 0.888. The van der Waals surface area contributed by atoms with Crippen molar-refractivity contribution in [3.63, 3.8) is 0 Å². The van der Waals surface area contributed by atoms with Gasteiger partial charge in [-0.2, -0.15) is 0 Å². The van der Waals surface area contributed by atoms with Crippen molar-refractivity contribution in [2.75, 3.05) is 25.0 Å². The number of aliphatic hydroxyl groups is 1. The molecule has 0 spiro atoms. The Kier molecular flexibility index (Phi) is 3.41. The number of carbonyl (C=O) groups is 1. The molecule has 4 nitrogen and oxygen atoms in total. The first-order chi connectivity index (χ1) is 7.79. The Morgan fingerprint density at radius 3 is 2.81 bits per heavy atom. The minimum absolute atomic E-state index is 0.0813. The maximum atomic E-state index is 11.8. The molecular formula is C12H16N2O2. The first-order valence-corrected chi connectivity index (χ1v) is 5.51. The number of amides is 2. The number of anilines is 1. The molecule has 2 amide bonds. The van der Waals surface area contributed by atoms with E-state index < -0.39 is 0 Å². The van der Waals surface area contributed by atoms with Crippen LogP contribution in [0.2, 0.25) is 0 Å². The molecule has 2 rings (SSSR count). The maximum absolute atomic E-state index is 11.8. The molecule has 0 radical (unpaired) electrons. The highest BCUT2D eigenvalue weighted by Crippen LogP contribution is 2.16. The van der Waals surface area contributed by atoms with Gasteiger partial charge in [-0.05, 0) is 18.6 Å². The van der Waals surface area contributed by atoms with Crippen molar-refractivity contribution >= 4 is 11.7 Å². The Morgan fingerprint density at radius 1 is 1.44 bits per heavy atom. The van der Waals surface area contributed by atoms with Crippen LogP contribution in [0.1, 0.15) is 6.42 Å². The van der Waals surface area contributed by atoms with Gasteiger partial charge < -0.3 is 15.3 Å². The van der Waals surface area contributed by atoms with Gasteiger partial charge in [-0.1, -0.05) is 18.2 Å². The van der Waals surface area contributed by atoms with Crippen LogP contribution in [-0.2, 0) is 0 Å². The number of benzene rings is 1. The Labute approximate surface area is 94.9 Å². The summed E-state index contributed by atoms with van der Waals surface area (Å²) in [5.74, 6) is 0.238. The highest BCUT2D eigenvalue weighted by Gasteiger charge is 2.25. The van der Waals surface area contributed by atoms with Gasteiger partial charge in [0.15, 0.2) is 0 Å². The molecular weight excluding hydrogens is 204 g/mol. The van der Waals surface area contributed by atoms with E-state index in [1.807, 2.05) is 30.3 Å². The van der Waals surface area contributed by atoms with Gasteiger partial charge in [-0.25, -0.2) is 4.79 Å². The normalized spacial score (nSPS) is 19.8. The molecule has 1 aliphatic rings. The number of nitrogens with one attached hydrogen (secondary N) is 1. The quantitative estimate of drug-likeness (QED) is 0.794. The van der Waals surface area contributed by atoms with E-state index >= 15 is 0 Å². The summed E-state index contributed by atoms with van der Waals surface area (Å²) in [6, 6.07) is 9.32. The highest BCUT2D eigenvalue weighted by molar-refractivity contribution is 5.89. The number of para-hydroxylation sites is 1. The summed E-state index contributed by atoms with van der Waals surface area (Å²) < 4.78 is 0. The Bertz CT molecular complexity index is 353. The third-order valence-corrected chi connectivity index (χ3v) is 2.86. The van der Waals surface area contributed by atoms with Crippen molar-refractivity contribution in [2.24, 2.45) is 5.92 Å². The lowest BCUT2D eigenvalue weighted by atomic mass is 10.1. The Morgan fingerprint density at radius 2 is 2.19 bits per heavy atom. The lowest BCUT2D eigenvalue weighted by Crippen LogP contribution is -2.33. The number of nitrogens with zero attached hydrogens (tertiary/aromatic N) is 1. The molecule has 0 saturated carbocycles. The van der Waals surface area contributed by atoms with Gasteiger partial charge in [0.25, 0.3) is 0 Å². The van der Waals surface area contributed by atoms with E-state index in [-0.39, 0.29) is 18.6 Å². The maximum Gasteiger partial charge on any atom is 0.321 e. The number of carbonyl (C=O) groups excluding carboxylic acids is 1. The molecule has 16 heavy (non-hydrogen) atoms. The number of urea groups is 1. The Balaban J connectivity index is 1.90. The number of aliphatic hydroxyl groups excluding tert-OH is 1. The third kappa shape index (κ3) is 2.52. The number of likely N-dealkylation sites (tertiary alicyclic amines) is 1. The van der Waals surface area contributed by atoms with Crippen LogP contribution >= 0.6 is 0 Å². The van der Waals surface area contributed by atoms with Crippen LogP contribution in [0.25, 0.3) is 0 Å². The molecule has 1 aromatic carbocycles. The summed E-state index contributed by atoms with van der Waals surface area (Å²) in [7, 11) is 0. The summed E-state index contributed by atoms with van der Waals surface area (Å²) in [6.45, 7) is 1.54. The van der Waals surface area contributed by atoms with E-state index in [0.717, 1.165) is 18.7 Å². The lowest BCUT2D eigenvalue weighted by Gasteiger charge is -2.16. The minimum Gasteiger partial charge on any atom is -0.396 e. The number of hydrogen-bond acceptors (Lipinski definition) is 2. The van der Waals surface area contributed by atoms with Crippen molar-refractivity contribution in [1.82, 2.24) is 4.90 Å². The van der Waals surface area contributed by atoms with Crippen LogP contribution in [0.4, 0.5) is 10.5 Å². The van der Waals surface area contributed by atoms with Gasteiger partial charge >= 0.3 is 6.03 Å². The predicted octanol–water partition coefficient (Wildman–Crippen LogP) is 1.53. The molecule has 1 atom stereocenters. The number of rotatable bonds is 2. The topological polar surface area (TPSA) is 52.6 Å². The van der Waals surface area contributed by atoms with Crippen molar-refractivity contribution in [3.8, 4) is 0 Å². The lowest BCUT2D eigenvalue weighted by molar-refractivity contribution is 0.209. The van der Waals surface area contributed by atoms with Crippen molar-refractivity contribution in [2.45, 2.75) is 6.42 Å². The molecule has 1 fully saturated rings. The molecule has 0 aromatic heterocycles. The molecule has 2 N–H and O–H groups in total. The molecule has 0 aliphatic carbocycles. The van der Waals surface area contributed by atoms with Gasteiger partial charge in [0.05, 0.1) is 0 Å². The SMILES string of the molecule is O=C(Nc1ccccc1)N1CCC(CO)C1. The molecule has 0 bridgehead atoms. The second-order valence-electron chi connectivity index (χ2n) is 4.08. The monoisotopic (exact) mass is 220 g/mol. The van der Waals surface area contributed by atoms with E-state index in [2.05, 4.69) is 5.32 Å². The first-order valence-electron chi connectivity index (χ1n) is 5.51. The van der Waals surface area contributed by atoms with E-state index in [0.29, 0.717) is 6.54 Å². The summed E-state index contributed by atoms with van der Waals surface area (Å²) in [4.78, 5) is 13.6. The molecule has 4 heteroatoms. The summed E-state index contributed by atoms with van der Waals surface area (Å²) in [5, 5.41) is 11.8. The van der Waals surface area contributed by atoms with Gasteiger partial charge in [0, 0.05) is 31.3 Å². The van der Waals surface area contributed by atoms with E-state index in [1.165, 1.54) is 0 Å². The number of hydrogen-bond donors (Lipinski definition) is 2. The third-order valence-electron chi connectivity index (χ3n) is 2.86. The van der Waals surface area contributed by atoms with Gasteiger partial charge in [-0.15, -0.1) is 0 Å². The fourth-order valence-electron chi connectivity index (χ4n) is 1.89. The van der Waals surface area contributed by atoms with Gasteiger partial charge in [0.2, 0.25) is 0 Å². The molecule has 1 saturated heterocycles. The van der Waals surface area contributed by atoms with Crippen LogP contribution in [0.3, 0.4) is 0 Å². The molecule has 86 valence electrons. The average molecular weight is 220 g/mol. The summed E-state index contributed by atoms with van der Waals surface area (Å²) in [5.41, 5.74) is 0.806. The zero-order chi connectivity index (χ0) is 11.4. The molecule has 1 aliphatic heterocycles. The predicted molar refractivity (Wildman–Crippen MR) is 62.2 cm³/mol. The minimum atomic E-state index is -0.0813. The van der Waals surface area contributed by atoms with Gasteiger partial charge in [0.1, 0.15) is 0 Å². The molecule has 1 unspecified atom stereocenters. The van der Waals surface area contributed by atoms with E-state index in [1.54, 1.807) is 4.90 Å². The first kappa shape index (κ1) is 11.0. The fourth-order valence-corrected chi connectivity index (χ4v) is 1.89. The van der Waals surface area contributed by atoms with Gasteiger partial charge in [-0.3, -0.25) is 0 Å². The molecule has 1 aromatic rings. The Hall–Kier alpha value is -1.55. The largest absolute Gasteiger partial charge is 0.396 e. The van der Waals surface area contributed by atoms with Crippen LogP contribution in [-0.4, -0.2) is 35.7 Å². The van der Waals surface area contributed by atoms with Crippen molar-refractivity contribution < 1.29 is 9.90 Å². The fraction of sp³-hybridized carbons (Fsp3) is 0.417. The van der Waals surface area contributed by atoms with Crippen molar-refractivity contribution in [3.05, 3.63) is 30.3 Å². The smallest absolute Gasteiger partial charge is 0.321 e. The van der Waals surface area contributed by atoms with Crippen molar-refractivity contribution in [1.29, 1.82) is 0 Å². The van der Waals surface area contributed by atoms with Crippen LogP contribution in [0.15, 0.2) is 30.3 Å². The zero-order valence-electron chi connectivity index (χ0n) is 9.10. The van der Waals surface area contributed by atoms with Crippen LogP contribution < -0.4 is 5.32 Å². The van der Waals surface area contributed by atoms with Crippen LogP contribution in [0, 0.1) is 5.92 Å². The second kappa shape index (κ2) is 4.99. The average Bonchev–Trinajstić information content (AvgIpc) is 2.79. The van der Waals surface area contributed by atoms with E-state index in [9.17, 15) is 4.79 Å². The summed E-state index contributed by atoms with van der Waals surface area (Å²) >= 11 is 0.